The lowest BCUT2D eigenvalue weighted by atomic mass is 9.72. The quantitative estimate of drug-likeness (QED) is 0.0370. The second-order valence-corrected chi connectivity index (χ2v) is 26.8. The van der Waals surface area contributed by atoms with Gasteiger partial charge in [-0.1, -0.05) is 91.3 Å². The first-order valence-corrected chi connectivity index (χ1v) is 34.0. The van der Waals surface area contributed by atoms with E-state index in [0.717, 1.165) is 71.2 Å². The lowest BCUT2D eigenvalue weighted by Gasteiger charge is -2.44. The van der Waals surface area contributed by atoms with Crippen molar-refractivity contribution in [3.05, 3.63) is 172 Å². The van der Waals surface area contributed by atoms with Gasteiger partial charge in [0, 0.05) is 108 Å². The number of fused-ring (bicyclic) bond motifs is 2. The summed E-state index contributed by atoms with van der Waals surface area (Å²) in [5.74, 6) is -1.81. The minimum absolute atomic E-state index is 0.0298. The zero-order valence-corrected chi connectivity index (χ0v) is 55.7. The van der Waals surface area contributed by atoms with Crippen molar-refractivity contribution >= 4 is 51.9 Å². The van der Waals surface area contributed by atoms with Gasteiger partial charge in [0.15, 0.2) is 5.13 Å². The van der Waals surface area contributed by atoms with Crippen LogP contribution in [0.2, 0.25) is 0 Å². The number of carboxylic acid groups (broad SMARTS) is 1. The van der Waals surface area contributed by atoms with Crippen molar-refractivity contribution in [1.82, 2.24) is 34.4 Å². The number of nitrogens with one attached hydrogen (secondary N) is 1. The highest BCUT2D eigenvalue weighted by atomic mass is 32.1. The lowest BCUT2D eigenvalue weighted by molar-refractivity contribution is -0.143. The monoisotopic (exact) mass is 1370 g/mol. The van der Waals surface area contributed by atoms with Crippen LogP contribution in [0.3, 0.4) is 0 Å². The molecule has 5 amide bonds. The average Bonchev–Trinajstić information content (AvgIpc) is 1.60. The summed E-state index contributed by atoms with van der Waals surface area (Å²) in [6.45, 7) is 5.12. The van der Waals surface area contributed by atoms with Crippen molar-refractivity contribution in [2.24, 2.45) is 0 Å². The Bertz CT molecular complexity index is 3650. The van der Waals surface area contributed by atoms with Crippen molar-refractivity contribution in [3.63, 3.8) is 0 Å². The third-order valence-corrected chi connectivity index (χ3v) is 20.5. The van der Waals surface area contributed by atoms with Crippen LogP contribution in [-0.2, 0) is 60.1 Å². The maximum atomic E-state index is 14.2. The van der Waals surface area contributed by atoms with Gasteiger partial charge in [0.05, 0.1) is 41.6 Å². The van der Waals surface area contributed by atoms with E-state index < -0.39 is 64.6 Å². The summed E-state index contributed by atoms with van der Waals surface area (Å²) in [4.78, 5) is 83.2. The Morgan fingerprint density at radius 3 is 2.05 bits per heavy atom. The predicted molar refractivity (Wildman–Crippen MR) is 356 cm³/mol. The van der Waals surface area contributed by atoms with Crippen LogP contribution in [0, 0.1) is 5.82 Å². The van der Waals surface area contributed by atoms with E-state index in [4.69, 9.17) is 9.47 Å². The number of thiazole rings is 1. The normalized spacial score (nSPS) is 18.2. The smallest absolute Gasteiger partial charge is 0.416 e. The second kappa shape index (κ2) is 31.7. The number of piperidine rings is 2. The number of nitrogens with zero attached hydrogens (tertiary/aromatic N) is 8. The molecule has 3 aliphatic heterocycles. The molecule has 2 atom stereocenters. The van der Waals surface area contributed by atoms with Gasteiger partial charge < -0.3 is 49.3 Å². The number of benzene rings is 5. The van der Waals surface area contributed by atoms with Crippen LogP contribution in [0.4, 0.5) is 46.3 Å². The van der Waals surface area contributed by atoms with Crippen molar-refractivity contribution in [2.45, 2.75) is 113 Å². The molecule has 1 spiro atoms. The molecular weight excluding hydrogens is 1280 g/mol. The molecule has 0 bridgehead atoms. The molecule has 10 rings (SSSR count). The Balaban J connectivity index is 0.609. The first-order valence-electron chi connectivity index (χ1n) is 33.1. The van der Waals surface area contributed by atoms with Gasteiger partial charge in [-0.05, 0) is 130 Å². The SMILES string of the molecule is CN(CCN1CCC(N(C(=O)O)c2ccccc2-c2ccccc2)CC1)C(=O)CCCCCNc1nc(CC(=O)N(C)CCCN(C)C(=O)CO[C@H]2Cc3ccccc3C23CCN(CC[C@]2(c4ccc(F)cc4)CN(C(=O)c4cc(C(F)(F)F)cc(C(F)(F)F)c4)CO2)CC3)cs1. The van der Waals surface area contributed by atoms with E-state index in [-0.39, 0.29) is 61.9 Å². The Morgan fingerprint density at radius 1 is 0.722 bits per heavy atom. The number of para-hydroxylation sites is 1. The van der Waals surface area contributed by atoms with Crippen LogP contribution in [0.1, 0.15) is 108 Å². The van der Waals surface area contributed by atoms with Crippen molar-refractivity contribution in [3.8, 4) is 11.1 Å². The highest BCUT2D eigenvalue weighted by Gasteiger charge is 2.50. The van der Waals surface area contributed by atoms with Gasteiger partial charge in [0.1, 0.15) is 24.8 Å². The average molecular weight is 1370 g/mol. The molecule has 3 fully saturated rings. The number of hydrogen-bond acceptors (Lipinski definition) is 12. The molecule has 1 aliphatic carbocycles. The molecule has 5 aromatic carbocycles. The number of unbranched alkanes of at least 4 members (excludes halogenated alkanes) is 2. The minimum atomic E-state index is -5.15. The van der Waals surface area contributed by atoms with E-state index in [1.807, 2.05) is 79.2 Å². The molecule has 520 valence electrons. The standard InChI is InChI=1S/C72H84F7N9O8S/c1-82(64(90)45-57-47-97-67(81-57)80-31-13-5-8-21-63(89)84(3)39-40-85-34-26-58(27-35-85)88(68(93)94)61-20-12-10-18-59(61)50-15-6-4-7-16-50)32-14-33-83(2)65(91)46-95-62-43-51-17-9-11-19-60(51)69(62)28-36-86(37-29-69)38-30-70(53-22-24-56(73)25-23-53)48-87(49-96-70)66(92)52-41-54(71(74,75)76)44-55(42-52)72(77,78)79/h4,6-7,9-12,15-20,22-25,41-42,44,47,58,62H,5,8,13-14,21,26-40,43,45-46,48-49H2,1-3H3,(H,80,81)(H,93,94)/t62-,70+/m0/s1. The number of amides is 5. The van der Waals surface area contributed by atoms with Crippen molar-refractivity contribution in [2.75, 3.05) is 117 Å². The summed E-state index contributed by atoms with van der Waals surface area (Å²) in [5, 5.41) is 16.3. The van der Waals surface area contributed by atoms with E-state index in [0.29, 0.717) is 120 Å². The number of anilines is 2. The van der Waals surface area contributed by atoms with Crippen molar-refractivity contribution in [1.29, 1.82) is 0 Å². The number of alkyl halides is 6. The number of likely N-dealkylation sites (tertiary alicyclic amines) is 2. The third kappa shape index (κ3) is 17.9. The number of carbonyl (C=O) groups is 5. The molecule has 4 aliphatic rings. The number of carbonyl (C=O) groups excluding carboxylic acids is 4. The molecule has 17 nitrogen and oxygen atoms in total. The van der Waals surface area contributed by atoms with Gasteiger partial charge in [-0.25, -0.2) is 14.2 Å². The number of hydrogen-bond donors (Lipinski definition) is 2. The van der Waals surface area contributed by atoms with E-state index in [1.165, 1.54) is 40.5 Å². The Morgan fingerprint density at radius 2 is 1.36 bits per heavy atom. The topological polar surface area (TPSA) is 172 Å². The summed E-state index contributed by atoms with van der Waals surface area (Å²) < 4.78 is 110. The highest BCUT2D eigenvalue weighted by Crippen LogP contribution is 2.49. The van der Waals surface area contributed by atoms with Crippen LogP contribution in [0.25, 0.3) is 11.1 Å². The maximum Gasteiger partial charge on any atom is 0.416 e. The van der Waals surface area contributed by atoms with Gasteiger partial charge in [0.25, 0.3) is 5.91 Å². The number of halogens is 7. The minimum Gasteiger partial charge on any atom is -0.465 e. The number of aromatic nitrogens is 1. The Hall–Kier alpha value is -7.97. The van der Waals surface area contributed by atoms with Gasteiger partial charge in [0.2, 0.25) is 17.7 Å². The molecule has 97 heavy (non-hydrogen) atoms. The molecule has 6 aromatic rings. The summed E-state index contributed by atoms with van der Waals surface area (Å²) in [6.07, 6.45) is -4.39. The molecule has 0 radical (unpaired) electrons. The third-order valence-electron chi connectivity index (χ3n) is 19.6. The fraction of sp³-hybridized carbons (Fsp3) is 0.472. The van der Waals surface area contributed by atoms with Gasteiger partial charge >= 0.3 is 18.4 Å². The second-order valence-electron chi connectivity index (χ2n) is 25.9. The van der Waals surface area contributed by atoms with Crippen LogP contribution >= 0.6 is 11.3 Å². The Labute approximate surface area is 565 Å². The lowest BCUT2D eigenvalue weighted by Crippen LogP contribution is -2.50. The largest absolute Gasteiger partial charge is 0.465 e. The molecule has 4 heterocycles. The number of rotatable bonds is 27. The first-order chi connectivity index (χ1) is 46.4. The van der Waals surface area contributed by atoms with E-state index in [2.05, 4.69) is 32.2 Å². The van der Waals surface area contributed by atoms with E-state index in [1.54, 1.807) is 28.8 Å². The molecule has 3 saturated heterocycles. The van der Waals surface area contributed by atoms with Gasteiger partial charge in [-0.2, -0.15) is 26.3 Å². The molecule has 0 unspecified atom stereocenters. The molecule has 1 aromatic heterocycles. The van der Waals surface area contributed by atoms with E-state index >= 15 is 0 Å². The number of likely N-dealkylation sites (N-methyl/N-ethyl adjacent to an activating group) is 3. The van der Waals surface area contributed by atoms with Gasteiger partial charge in [-0.3, -0.25) is 24.1 Å². The summed E-state index contributed by atoms with van der Waals surface area (Å²) in [7, 11) is 5.28. The molecule has 25 heteroatoms. The highest BCUT2D eigenvalue weighted by molar-refractivity contribution is 7.13. The fourth-order valence-corrected chi connectivity index (χ4v) is 14.7. The predicted octanol–water partition coefficient (Wildman–Crippen LogP) is 12.3. The number of ether oxygens (including phenoxy) is 2. The fourth-order valence-electron chi connectivity index (χ4n) is 13.9. The summed E-state index contributed by atoms with van der Waals surface area (Å²) in [6, 6.07) is 31.7. The van der Waals surface area contributed by atoms with Crippen LogP contribution in [0.5, 0.6) is 0 Å². The maximum absolute atomic E-state index is 14.2. The van der Waals surface area contributed by atoms with Gasteiger partial charge in [-0.15, -0.1) is 11.3 Å². The van der Waals surface area contributed by atoms with Crippen LogP contribution < -0.4 is 10.2 Å². The molecule has 2 N–H and O–H groups in total. The summed E-state index contributed by atoms with van der Waals surface area (Å²) >= 11 is 1.43. The Kier molecular flexibility index (Phi) is 23.5. The van der Waals surface area contributed by atoms with E-state index in [9.17, 15) is 59.8 Å². The van der Waals surface area contributed by atoms with Crippen LogP contribution in [0.15, 0.2) is 127 Å². The van der Waals surface area contributed by atoms with Crippen molar-refractivity contribution < 1.29 is 69.3 Å². The van der Waals surface area contributed by atoms with Crippen LogP contribution in [-0.4, -0.2) is 188 Å². The molecule has 0 saturated carbocycles. The summed E-state index contributed by atoms with van der Waals surface area (Å²) in [5.41, 5.74) is 0.305. The first kappa shape index (κ1) is 71.8. The molecular formula is C72H84F7N9O8S. The zero-order valence-electron chi connectivity index (χ0n) is 54.9. The zero-order chi connectivity index (χ0) is 69.1.